The molecule has 0 aliphatic rings. The molecule has 27 heavy (non-hydrogen) atoms. The van der Waals surface area contributed by atoms with Crippen LogP contribution in [-0.4, -0.2) is 16.6 Å². The third kappa shape index (κ3) is 5.61. The van der Waals surface area contributed by atoms with Crippen LogP contribution in [0.2, 0.25) is 5.02 Å². The topological polar surface area (TPSA) is 61.7 Å². The number of imidazole rings is 1. The molecule has 0 radical (unpaired) electrons. The molecule has 3 aromatic rings. The molecule has 0 amide bonds. The second-order valence-corrected chi connectivity index (χ2v) is 7.51. The lowest BCUT2D eigenvalue weighted by Crippen LogP contribution is -2.00. The predicted octanol–water partition coefficient (Wildman–Crippen LogP) is 5.41. The van der Waals surface area contributed by atoms with E-state index in [9.17, 15) is 0 Å². The first-order valence-corrected chi connectivity index (χ1v) is 9.95. The second-order valence-electron chi connectivity index (χ2n) is 5.99. The summed E-state index contributed by atoms with van der Waals surface area (Å²) in [6.45, 7) is 3.28. The average molecular weight is 398 g/mol. The third-order valence-corrected chi connectivity index (χ3v) is 5.17. The standard InChI is InChI=1S/C21H20ClN3OS/c1-2-19-21(27-18-11-16(13-23)10-17(22)12-18)25-20(24-19)8-9-26-14-15-6-4-3-5-7-15/h3-7,10-12H,2,8-9,14H2,1H3,(H,24,25). The van der Waals surface area contributed by atoms with Gasteiger partial charge in [0, 0.05) is 16.3 Å². The molecular weight excluding hydrogens is 378 g/mol. The molecule has 0 fully saturated rings. The summed E-state index contributed by atoms with van der Waals surface area (Å²) in [5, 5.41) is 10.7. The molecule has 0 saturated heterocycles. The Balaban J connectivity index is 1.61. The van der Waals surface area contributed by atoms with Crippen molar-refractivity contribution in [1.29, 1.82) is 5.26 Å². The Bertz CT molecular complexity index is 934. The van der Waals surface area contributed by atoms with Crippen LogP contribution in [0.5, 0.6) is 0 Å². The van der Waals surface area contributed by atoms with Crippen molar-refractivity contribution in [2.75, 3.05) is 6.61 Å². The number of nitrogens with one attached hydrogen (secondary N) is 1. The summed E-state index contributed by atoms with van der Waals surface area (Å²) in [6.07, 6.45) is 1.55. The van der Waals surface area contributed by atoms with E-state index < -0.39 is 0 Å². The maximum absolute atomic E-state index is 9.11. The fourth-order valence-corrected chi connectivity index (χ4v) is 4.01. The molecule has 0 aliphatic heterocycles. The van der Waals surface area contributed by atoms with Gasteiger partial charge in [0.15, 0.2) is 0 Å². The molecular formula is C21H20ClN3OS. The molecule has 4 nitrogen and oxygen atoms in total. The normalized spacial score (nSPS) is 10.7. The summed E-state index contributed by atoms with van der Waals surface area (Å²) in [6, 6.07) is 17.6. The van der Waals surface area contributed by atoms with Crippen molar-refractivity contribution in [3.05, 3.63) is 76.2 Å². The summed E-state index contributed by atoms with van der Waals surface area (Å²) < 4.78 is 5.75. The van der Waals surface area contributed by atoms with E-state index in [1.54, 1.807) is 17.8 Å². The van der Waals surface area contributed by atoms with Gasteiger partial charge in [-0.05, 0) is 30.2 Å². The third-order valence-electron chi connectivity index (χ3n) is 3.94. The fraction of sp³-hybridized carbons (Fsp3) is 0.238. The fourth-order valence-electron chi connectivity index (χ4n) is 2.62. The van der Waals surface area contributed by atoms with E-state index in [1.807, 2.05) is 30.3 Å². The van der Waals surface area contributed by atoms with E-state index in [-0.39, 0.29) is 0 Å². The molecule has 3 rings (SSSR count). The van der Waals surface area contributed by atoms with E-state index in [0.29, 0.717) is 23.8 Å². The van der Waals surface area contributed by atoms with Crippen LogP contribution in [0.15, 0.2) is 58.5 Å². The minimum atomic E-state index is 0.553. The quantitative estimate of drug-likeness (QED) is 0.516. The molecule has 0 atom stereocenters. The van der Waals surface area contributed by atoms with Crippen LogP contribution in [-0.2, 0) is 24.2 Å². The summed E-state index contributed by atoms with van der Waals surface area (Å²) in [4.78, 5) is 8.98. The minimum Gasteiger partial charge on any atom is -0.376 e. The van der Waals surface area contributed by atoms with Gasteiger partial charge in [0.25, 0.3) is 0 Å². The van der Waals surface area contributed by atoms with E-state index in [4.69, 9.17) is 21.6 Å². The van der Waals surface area contributed by atoms with Crippen LogP contribution < -0.4 is 0 Å². The van der Waals surface area contributed by atoms with Gasteiger partial charge in [-0.3, -0.25) is 0 Å². The SMILES string of the molecule is CCc1nc(CCOCc2ccccc2)[nH]c1Sc1cc(Cl)cc(C#N)c1. The van der Waals surface area contributed by atoms with Crippen molar-refractivity contribution in [3.8, 4) is 6.07 Å². The Hall–Kier alpha value is -2.26. The number of aromatic amines is 1. The maximum Gasteiger partial charge on any atom is 0.109 e. The highest BCUT2D eigenvalue weighted by atomic mass is 35.5. The van der Waals surface area contributed by atoms with Gasteiger partial charge >= 0.3 is 0 Å². The summed E-state index contributed by atoms with van der Waals surface area (Å²) in [5.41, 5.74) is 2.73. The minimum absolute atomic E-state index is 0.553. The van der Waals surface area contributed by atoms with Crippen molar-refractivity contribution in [1.82, 2.24) is 9.97 Å². The molecule has 1 aromatic heterocycles. The summed E-state index contributed by atoms with van der Waals surface area (Å²) in [5.74, 6) is 0.907. The Morgan fingerprint density at radius 1 is 1.22 bits per heavy atom. The van der Waals surface area contributed by atoms with E-state index in [1.165, 1.54) is 0 Å². The van der Waals surface area contributed by atoms with Gasteiger partial charge in [0.1, 0.15) is 10.9 Å². The first kappa shape index (κ1) is 19.5. The van der Waals surface area contributed by atoms with Gasteiger partial charge < -0.3 is 9.72 Å². The molecule has 0 spiro atoms. The van der Waals surface area contributed by atoms with Gasteiger partial charge in [-0.2, -0.15) is 5.26 Å². The van der Waals surface area contributed by atoms with E-state index >= 15 is 0 Å². The van der Waals surface area contributed by atoms with Gasteiger partial charge in [-0.25, -0.2) is 4.98 Å². The lowest BCUT2D eigenvalue weighted by Gasteiger charge is -2.03. The zero-order valence-electron chi connectivity index (χ0n) is 15.0. The van der Waals surface area contributed by atoms with Crippen LogP contribution in [0.4, 0.5) is 0 Å². The van der Waals surface area contributed by atoms with E-state index in [2.05, 4.69) is 35.1 Å². The van der Waals surface area contributed by atoms with Crippen molar-refractivity contribution in [2.24, 2.45) is 0 Å². The molecule has 138 valence electrons. The number of H-pyrrole nitrogens is 1. The van der Waals surface area contributed by atoms with Crippen molar-refractivity contribution < 1.29 is 4.74 Å². The van der Waals surface area contributed by atoms with Crippen LogP contribution in [0, 0.1) is 11.3 Å². The molecule has 6 heteroatoms. The number of nitrogens with zero attached hydrogens (tertiary/aromatic N) is 2. The first-order chi connectivity index (χ1) is 13.2. The number of ether oxygens (including phenoxy) is 1. The second kappa shape index (κ2) is 9.61. The Kier molecular flexibility index (Phi) is 6.94. The predicted molar refractivity (Wildman–Crippen MR) is 108 cm³/mol. The van der Waals surface area contributed by atoms with Crippen LogP contribution in [0.3, 0.4) is 0 Å². The van der Waals surface area contributed by atoms with Crippen LogP contribution >= 0.6 is 23.4 Å². The molecule has 0 aliphatic carbocycles. The Labute approximate surface area is 168 Å². The average Bonchev–Trinajstić information content (AvgIpc) is 3.07. The van der Waals surface area contributed by atoms with Gasteiger partial charge in [0.05, 0.1) is 30.5 Å². The monoisotopic (exact) mass is 397 g/mol. The summed E-state index contributed by atoms with van der Waals surface area (Å²) >= 11 is 7.65. The number of nitriles is 1. The van der Waals surface area contributed by atoms with Crippen molar-refractivity contribution >= 4 is 23.4 Å². The van der Waals surface area contributed by atoms with E-state index in [0.717, 1.165) is 39.8 Å². The molecule has 0 unspecified atom stereocenters. The zero-order chi connectivity index (χ0) is 19.1. The molecule has 1 heterocycles. The van der Waals surface area contributed by atoms with Crippen molar-refractivity contribution in [3.63, 3.8) is 0 Å². The number of halogens is 1. The lowest BCUT2D eigenvalue weighted by molar-refractivity contribution is 0.122. The largest absolute Gasteiger partial charge is 0.376 e. The van der Waals surface area contributed by atoms with Gasteiger partial charge in [0.2, 0.25) is 0 Å². The lowest BCUT2D eigenvalue weighted by atomic mass is 10.2. The Morgan fingerprint density at radius 2 is 2.04 bits per heavy atom. The zero-order valence-corrected chi connectivity index (χ0v) is 16.6. The van der Waals surface area contributed by atoms with Gasteiger partial charge in [-0.15, -0.1) is 0 Å². The van der Waals surface area contributed by atoms with Crippen molar-refractivity contribution in [2.45, 2.75) is 36.3 Å². The van der Waals surface area contributed by atoms with Crippen LogP contribution in [0.1, 0.15) is 29.6 Å². The number of aryl methyl sites for hydroxylation is 1. The number of aromatic nitrogens is 2. The maximum atomic E-state index is 9.11. The summed E-state index contributed by atoms with van der Waals surface area (Å²) in [7, 11) is 0. The van der Waals surface area contributed by atoms with Crippen LogP contribution in [0.25, 0.3) is 0 Å². The number of hydrogen-bond acceptors (Lipinski definition) is 4. The number of benzene rings is 2. The van der Waals surface area contributed by atoms with Gasteiger partial charge in [-0.1, -0.05) is 60.6 Å². The molecule has 0 bridgehead atoms. The highest BCUT2D eigenvalue weighted by Gasteiger charge is 2.11. The highest BCUT2D eigenvalue weighted by molar-refractivity contribution is 7.99. The first-order valence-electron chi connectivity index (χ1n) is 8.76. The molecule has 2 aromatic carbocycles. The Morgan fingerprint density at radius 3 is 2.78 bits per heavy atom. The molecule has 0 saturated carbocycles. The molecule has 1 N–H and O–H groups in total. The highest BCUT2D eigenvalue weighted by Crippen LogP contribution is 2.32. The number of hydrogen-bond donors (Lipinski definition) is 1. The smallest absolute Gasteiger partial charge is 0.109 e. The number of rotatable bonds is 8.